The minimum absolute atomic E-state index is 0.182. The highest BCUT2D eigenvalue weighted by molar-refractivity contribution is 5.89. The number of fused-ring (bicyclic) bond motifs is 2. The zero-order valence-electron chi connectivity index (χ0n) is 30.2. The van der Waals surface area contributed by atoms with Crippen LogP contribution in [0.4, 0.5) is 0 Å². The third-order valence-corrected chi connectivity index (χ3v) is 13.7. The lowest BCUT2D eigenvalue weighted by atomic mass is 9.42. The standard InChI is InChI=1S/C37H51NO12/c1-9-38-17-34(18-43-4)24(48-19(2)39)14-25(45-6)37-23-15-35(42)26(46-7)16-36(50-20(3)40,28(31(37)38)29(47-8)30(34)37)27(23)32(35)49-33(41)21-10-12-22(44-5)13-11-21/h10-13,23-32,42H,9,14-18H2,1-8H3/t23-,24?,25+,26+,27?,28?,29+,30-,31?,32+,34+,35-,36-,37?/m1/s1. The zero-order valence-corrected chi connectivity index (χ0v) is 30.2. The van der Waals surface area contributed by atoms with E-state index in [-0.39, 0.29) is 37.3 Å². The first-order chi connectivity index (χ1) is 23.9. The van der Waals surface area contributed by atoms with E-state index in [1.807, 2.05) is 0 Å². The van der Waals surface area contributed by atoms with Crippen LogP contribution in [0.1, 0.15) is 50.4 Å². The first kappa shape index (κ1) is 35.6. The number of carbonyl (C=O) groups excluding carboxylic acids is 3. The third kappa shape index (κ3) is 4.43. The fourth-order valence-electron chi connectivity index (χ4n) is 12.7. The van der Waals surface area contributed by atoms with Crippen LogP contribution >= 0.6 is 0 Å². The molecule has 6 fully saturated rings. The summed E-state index contributed by atoms with van der Waals surface area (Å²) in [5.74, 6) is -2.67. The molecule has 276 valence electrons. The number of esters is 3. The SMILES string of the molecule is CCN1C[C@]2(COC)C(OC(C)=O)C[C@H](OC)C34C1C([C@H](OC)[C@@H]32)[C@@]1(OC(C)=O)C[C@H](OC)[C@]2(O)C[C@@H]4C1[C@@H]2OC(=O)c1ccc(OC)cc1. The summed E-state index contributed by atoms with van der Waals surface area (Å²) in [5, 5.41) is 12.9. The molecule has 7 rings (SSSR count). The Morgan fingerprint density at radius 3 is 2.14 bits per heavy atom. The number of hydrogen-bond acceptors (Lipinski definition) is 13. The molecule has 5 aliphatic carbocycles. The van der Waals surface area contributed by atoms with Crippen molar-refractivity contribution in [3.05, 3.63) is 29.8 Å². The Morgan fingerprint density at radius 2 is 1.58 bits per heavy atom. The molecule has 0 aromatic heterocycles. The summed E-state index contributed by atoms with van der Waals surface area (Å²) in [7, 11) is 8.09. The highest BCUT2D eigenvalue weighted by atomic mass is 16.6. The monoisotopic (exact) mass is 701 g/mol. The van der Waals surface area contributed by atoms with Gasteiger partial charge in [0, 0.05) is 96.3 Å². The molecule has 1 heterocycles. The lowest BCUT2D eigenvalue weighted by Gasteiger charge is -2.70. The topological polar surface area (TPSA) is 149 Å². The van der Waals surface area contributed by atoms with Crippen LogP contribution in [-0.2, 0) is 42.7 Å². The zero-order chi connectivity index (χ0) is 36.0. The molecule has 7 bridgehead atoms. The van der Waals surface area contributed by atoms with Gasteiger partial charge < -0.3 is 43.0 Å². The molecular weight excluding hydrogens is 650 g/mol. The van der Waals surface area contributed by atoms with Gasteiger partial charge >= 0.3 is 17.9 Å². The number of benzene rings is 1. The summed E-state index contributed by atoms with van der Waals surface area (Å²) in [6.45, 7) is 6.38. The third-order valence-electron chi connectivity index (χ3n) is 13.7. The van der Waals surface area contributed by atoms with Gasteiger partial charge in [-0.25, -0.2) is 4.79 Å². The summed E-state index contributed by atoms with van der Waals surface area (Å²) < 4.78 is 49.8. The molecule has 0 radical (unpaired) electrons. The molecule has 50 heavy (non-hydrogen) atoms. The van der Waals surface area contributed by atoms with E-state index in [0.717, 1.165) is 0 Å². The minimum Gasteiger partial charge on any atom is -0.497 e. The number of nitrogens with zero attached hydrogens (tertiary/aromatic N) is 1. The summed E-state index contributed by atoms with van der Waals surface area (Å²) in [5.41, 5.74) is -4.02. The van der Waals surface area contributed by atoms with Gasteiger partial charge in [0.1, 0.15) is 29.2 Å². The quantitative estimate of drug-likeness (QED) is 0.266. The second-order valence-electron chi connectivity index (χ2n) is 15.3. The van der Waals surface area contributed by atoms with Gasteiger partial charge in [-0.15, -0.1) is 0 Å². The predicted octanol–water partition coefficient (Wildman–Crippen LogP) is 2.26. The van der Waals surface area contributed by atoms with Crippen LogP contribution in [-0.4, -0.2) is 131 Å². The molecule has 13 nitrogen and oxygen atoms in total. The number of piperidine rings is 1. The number of methoxy groups -OCH3 is 5. The van der Waals surface area contributed by atoms with Gasteiger partial charge in [-0.1, -0.05) is 6.92 Å². The average Bonchev–Trinajstić information content (AvgIpc) is 3.46. The van der Waals surface area contributed by atoms with Gasteiger partial charge in [-0.05, 0) is 43.1 Å². The van der Waals surface area contributed by atoms with Gasteiger partial charge in [-0.2, -0.15) is 0 Å². The van der Waals surface area contributed by atoms with Crippen LogP contribution in [0.25, 0.3) is 0 Å². The van der Waals surface area contributed by atoms with Crippen LogP contribution in [0.15, 0.2) is 24.3 Å². The van der Waals surface area contributed by atoms with Crippen molar-refractivity contribution in [3.8, 4) is 5.75 Å². The Balaban J connectivity index is 1.48. The van der Waals surface area contributed by atoms with Crippen LogP contribution in [0, 0.1) is 34.5 Å². The summed E-state index contributed by atoms with van der Waals surface area (Å²) in [6.07, 6.45) is -2.66. The molecule has 5 unspecified atom stereocenters. The smallest absolute Gasteiger partial charge is 0.338 e. The fraction of sp³-hybridized carbons (Fsp3) is 0.757. The Hall–Kier alpha value is -2.81. The van der Waals surface area contributed by atoms with E-state index in [1.54, 1.807) is 52.7 Å². The van der Waals surface area contributed by atoms with Gasteiger partial charge in [-0.3, -0.25) is 14.5 Å². The maximum Gasteiger partial charge on any atom is 0.338 e. The maximum atomic E-state index is 14.0. The molecule has 1 N–H and O–H groups in total. The Labute approximate surface area is 293 Å². The molecular formula is C37H51NO12. The van der Waals surface area contributed by atoms with Crippen LogP contribution < -0.4 is 4.74 Å². The first-order valence-electron chi connectivity index (χ1n) is 17.6. The van der Waals surface area contributed by atoms with Crippen molar-refractivity contribution in [1.29, 1.82) is 0 Å². The van der Waals surface area contributed by atoms with Crippen molar-refractivity contribution >= 4 is 17.9 Å². The van der Waals surface area contributed by atoms with Gasteiger partial charge in [0.25, 0.3) is 0 Å². The lowest BCUT2D eigenvalue weighted by Crippen LogP contribution is -2.79. The number of likely N-dealkylation sites (tertiary alicyclic amines) is 1. The Morgan fingerprint density at radius 1 is 0.880 bits per heavy atom. The molecule has 14 atom stereocenters. The van der Waals surface area contributed by atoms with E-state index < -0.39 is 82.3 Å². The second kappa shape index (κ2) is 12.4. The molecule has 1 spiro atoms. The maximum absolute atomic E-state index is 14.0. The van der Waals surface area contributed by atoms with Gasteiger partial charge in [0.2, 0.25) is 0 Å². The number of carbonyl (C=O) groups is 3. The summed E-state index contributed by atoms with van der Waals surface area (Å²) in [4.78, 5) is 42.5. The van der Waals surface area contributed by atoms with Crippen LogP contribution in [0.2, 0.25) is 0 Å². The molecule has 13 heteroatoms. The van der Waals surface area contributed by atoms with Crippen molar-refractivity contribution in [2.45, 2.75) is 87.8 Å². The van der Waals surface area contributed by atoms with Crippen LogP contribution in [0.5, 0.6) is 5.75 Å². The summed E-state index contributed by atoms with van der Waals surface area (Å²) in [6, 6.07) is 6.38. The van der Waals surface area contributed by atoms with Crippen molar-refractivity contribution in [2.24, 2.45) is 34.5 Å². The molecule has 1 saturated heterocycles. The van der Waals surface area contributed by atoms with E-state index in [9.17, 15) is 19.5 Å². The average molecular weight is 702 g/mol. The minimum atomic E-state index is -1.61. The largest absolute Gasteiger partial charge is 0.497 e. The van der Waals surface area contributed by atoms with Crippen LogP contribution in [0.3, 0.4) is 0 Å². The van der Waals surface area contributed by atoms with Gasteiger partial charge in [0.05, 0.1) is 37.6 Å². The highest BCUT2D eigenvalue weighted by Crippen LogP contribution is 2.81. The van der Waals surface area contributed by atoms with Crippen molar-refractivity contribution < 1.29 is 57.4 Å². The normalized spacial score (nSPS) is 45.1. The highest BCUT2D eigenvalue weighted by Gasteiger charge is 2.91. The molecule has 1 aromatic carbocycles. The first-order valence-corrected chi connectivity index (χ1v) is 17.6. The number of hydrogen-bond donors (Lipinski definition) is 1. The second-order valence-corrected chi connectivity index (χ2v) is 15.3. The lowest BCUT2D eigenvalue weighted by molar-refractivity contribution is -0.301. The van der Waals surface area contributed by atoms with Crippen molar-refractivity contribution in [3.63, 3.8) is 0 Å². The van der Waals surface area contributed by atoms with E-state index in [0.29, 0.717) is 30.8 Å². The van der Waals surface area contributed by atoms with E-state index in [1.165, 1.54) is 21.0 Å². The van der Waals surface area contributed by atoms with Crippen molar-refractivity contribution in [1.82, 2.24) is 4.90 Å². The van der Waals surface area contributed by atoms with Gasteiger partial charge in [0.15, 0.2) is 0 Å². The molecule has 1 aromatic rings. The molecule has 1 aliphatic heterocycles. The fourth-order valence-corrected chi connectivity index (χ4v) is 12.7. The van der Waals surface area contributed by atoms with E-state index >= 15 is 0 Å². The molecule has 5 saturated carbocycles. The summed E-state index contributed by atoms with van der Waals surface area (Å²) >= 11 is 0. The number of aliphatic hydroxyl groups is 1. The van der Waals surface area contributed by atoms with E-state index in [4.69, 9.17) is 37.9 Å². The van der Waals surface area contributed by atoms with E-state index in [2.05, 4.69) is 11.8 Å². The molecule has 0 amide bonds. The molecule has 6 aliphatic rings. The Kier molecular flexibility index (Phi) is 8.83. The van der Waals surface area contributed by atoms with Crippen molar-refractivity contribution in [2.75, 3.05) is 55.2 Å². The number of ether oxygens (including phenoxy) is 8. The Bertz CT molecular complexity index is 1510. The predicted molar refractivity (Wildman–Crippen MR) is 175 cm³/mol. The number of rotatable bonds is 11.